The van der Waals surface area contributed by atoms with Crippen LogP contribution in [0.5, 0.6) is 0 Å². The summed E-state index contributed by atoms with van der Waals surface area (Å²) >= 11 is 0. The van der Waals surface area contributed by atoms with E-state index in [0.29, 0.717) is 36.0 Å². The third kappa shape index (κ3) is 8.99. The number of aromatic nitrogens is 4. The summed E-state index contributed by atoms with van der Waals surface area (Å²) in [5.74, 6) is 12.6. The van der Waals surface area contributed by atoms with E-state index in [4.69, 9.17) is 9.47 Å². The molecule has 4 heterocycles. The molecule has 2 aliphatic rings. The third-order valence-electron chi connectivity index (χ3n) is 9.78. The molecule has 4 atom stereocenters. The molecule has 0 radical (unpaired) electrons. The highest BCUT2D eigenvalue weighted by Gasteiger charge is 2.38. The van der Waals surface area contributed by atoms with Crippen LogP contribution in [-0.2, 0) is 19.1 Å². The summed E-state index contributed by atoms with van der Waals surface area (Å²) in [7, 11) is 2.54. The Morgan fingerprint density at radius 3 is 2.02 bits per heavy atom. The highest BCUT2D eigenvalue weighted by molar-refractivity contribution is 5.88. The van der Waals surface area contributed by atoms with E-state index in [-0.39, 0.29) is 29.8 Å². The number of amides is 4. The fourth-order valence-electron chi connectivity index (χ4n) is 6.94. The van der Waals surface area contributed by atoms with Crippen LogP contribution in [0.25, 0.3) is 11.3 Å². The molecule has 284 valence electrons. The maximum absolute atomic E-state index is 13.8. The molecule has 2 fully saturated rings. The number of nitrogens with zero attached hydrogens (tertiary/aromatic N) is 4. The van der Waals surface area contributed by atoms with E-state index < -0.39 is 24.3 Å². The summed E-state index contributed by atoms with van der Waals surface area (Å²) in [4.78, 5) is 70.5. The van der Waals surface area contributed by atoms with Gasteiger partial charge in [0.25, 0.3) is 5.91 Å². The lowest BCUT2D eigenvalue weighted by Crippen LogP contribution is -2.51. The number of methoxy groups -OCH3 is 2. The van der Waals surface area contributed by atoms with Gasteiger partial charge in [0, 0.05) is 18.7 Å². The molecule has 6 rings (SSSR count). The van der Waals surface area contributed by atoms with Crippen LogP contribution in [0.2, 0.25) is 0 Å². The van der Waals surface area contributed by atoms with Gasteiger partial charge in [0.1, 0.15) is 29.4 Å². The molecule has 2 saturated heterocycles. The van der Waals surface area contributed by atoms with Crippen LogP contribution in [0.1, 0.15) is 86.1 Å². The zero-order chi connectivity index (χ0) is 38.9. The van der Waals surface area contributed by atoms with Crippen LogP contribution >= 0.6 is 0 Å². The Morgan fingerprint density at radius 2 is 1.36 bits per heavy atom. The Balaban J connectivity index is 1.08. The molecule has 14 nitrogen and oxygen atoms in total. The zero-order valence-electron chi connectivity index (χ0n) is 31.2. The van der Waals surface area contributed by atoms with Crippen molar-refractivity contribution in [2.75, 3.05) is 27.3 Å². The molecule has 14 heteroatoms. The van der Waals surface area contributed by atoms with Crippen LogP contribution in [0.15, 0.2) is 67.0 Å². The summed E-state index contributed by atoms with van der Waals surface area (Å²) in [6.07, 6.45) is 5.17. The van der Waals surface area contributed by atoms with E-state index in [1.807, 2.05) is 56.3 Å². The van der Waals surface area contributed by atoms with Crippen molar-refractivity contribution in [1.29, 1.82) is 0 Å². The van der Waals surface area contributed by atoms with Gasteiger partial charge >= 0.3 is 12.2 Å². The van der Waals surface area contributed by atoms with Crippen molar-refractivity contribution in [3.05, 3.63) is 95.5 Å². The van der Waals surface area contributed by atoms with Gasteiger partial charge in [-0.3, -0.25) is 9.59 Å². The number of benzene rings is 2. The Labute approximate surface area is 319 Å². The Bertz CT molecular complexity index is 2120. The number of hydrogen-bond acceptors (Lipinski definition) is 8. The lowest BCUT2D eigenvalue weighted by molar-refractivity contribution is -0.135. The number of nitrogens with one attached hydrogen (secondary N) is 4. The molecule has 0 aliphatic carbocycles. The normalized spacial score (nSPS) is 17.3. The number of rotatable bonds is 9. The number of ether oxygens (including phenoxy) is 2. The van der Waals surface area contributed by atoms with Crippen LogP contribution in [0, 0.1) is 29.6 Å². The first kappa shape index (κ1) is 38.2. The van der Waals surface area contributed by atoms with Gasteiger partial charge in [-0.2, -0.15) is 0 Å². The number of hydrogen-bond donors (Lipinski definition) is 4. The Hall–Kier alpha value is -6.54. The quantitative estimate of drug-likeness (QED) is 0.173. The highest BCUT2D eigenvalue weighted by Crippen LogP contribution is 2.34. The third-order valence-corrected chi connectivity index (χ3v) is 9.78. The minimum absolute atomic E-state index is 0.121. The van der Waals surface area contributed by atoms with E-state index in [0.717, 1.165) is 42.5 Å². The SMILES string of the molecule is COC(=O)N[C@@H](C(=O)N1CCC[C@H]1c1ncc(-c2ccc(C#CC#Cc3cnc([C@H]4CCCN4C(=O)[C@H](NC(=O)OC)C(C)C)[nH]3)cc2)[nH]1)c1ccccc1. The molecule has 4 amide bonds. The van der Waals surface area contributed by atoms with E-state index in [9.17, 15) is 19.2 Å². The fraction of sp³-hybridized carbons (Fsp3) is 0.366. The van der Waals surface area contributed by atoms with Crippen LogP contribution in [-0.4, -0.2) is 87.1 Å². The molecule has 4 aromatic rings. The minimum atomic E-state index is -0.888. The molecule has 2 aromatic carbocycles. The largest absolute Gasteiger partial charge is 0.453 e. The second kappa shape index (κ2) is 17.5. The number of likely N-dealkylation sites (tertiary alicyclic amines) is 2. The standard InChI is InChI=1S/C41H44N8O6/c1-26(2)34(46-40(52)54-3)38(50)48-22-10-16-32(48)36-42-24-30(44-36)15-9-8-12-27-18-20-28(21-19-27)31-25-43-37(45-31)33-17-11-23-49(33)39(51)35(47-41(53)55-4)29-13-6-5-7-14-29/h5-7,13-14,18-21,24-26,32-35H,10-11,16-17,22-23H2,1-4H3,(H,42,44)(H,43,45)(H,46,52)(H,47,53)/t32-,33+,34-,35-/m1/s1. The fourth-order valence-corrected chi connectivity index (χ4v) is 6.94. The van der Waals surface area contributed by atoms with E-state index in [2.05, 4.69) is 54.3 Å². The second-order valence-electron chi connectivity index (χ2n) is 13.7. The molecule has 0 spiro atoms. The van der Waals surface area contributed by atoms with Crippen molar-refractivity contribution in [3.63, 3.8) is 0 Å². The monoisotopic (exact) mass is 744 g/mol. The first-order chi connectivity index (χ1) is 26.7. The molecule has 2 aromatic heterocycles. The predicted molar refractivity (Wildman–Crippen MR) is 203 cm³/mol. The molecule has 4 N–H and O–H groups in total. The molecular weight excluding hydrogens is 701 g/mol. The van der Waals surface area contributed by atoms with Gasteiger partial charge in [0.05, 0.1) is 44.4 Å². The summed E-state index contributed by atoms with van der Waals surface area (Å²) in [6.45, 7) is 4.86. The van der Waals surface area contributed by atoms with Crippen LogP contribution < -0.4 is 10.6 Å². The number of carbonyl (C=O) groups excluding carboxylic acids is 4. The average Bonchev–Trinajstić information content (AvgIpc) is 4.04. The van der Waals surface area contributed by atoms with Crippen LogP contribution in [0.3, 0.4) is 0 Å². The van der Waals surface area contributed by atoms with Crippen molar-refractivity contribution in [3.8, 4) is 34.9 Å². The number of H-pyrrole nitrogens is 2. The van der Waals surface area contributed by atoms with Gasteiger partial charge in [0.2, 0.25) is 5.91 Å². The number of aromatic amines is 2. The summed E-state index contributed by atoms with van der Waals surface area (Å²) < 4.78 is 9.52. The van der Waals surface area contributed by atoms with Crippen molar-refractivity contribution in [2.45, 2.75) is 63.7 Å². The zero-order valence-corrected chi connectivity index (χ0v) is 31.2. The van der Waals surface area contributed by atoms with Gasteiger partial charge in [-0.1, -0.05) is 62.2 Å². The average molecular weight is 745 g/mol. The lowest BCUT2D eigenvalue weighted by Gasteiger charge is -2.29. The van der Waals surface area contributed by atoms with E-state index >= 15 is 0 Å². The van der Waals surface area contributed by atoms with Crippen molar-refractivity contribution >= 4 is 24.0 Å². The van der Waals surface area contributed by atoms with Crippen molar-refractivity contribution in [2.24, 2.45) is 5.92 Å². The Kier molecular flexibility index (Phi) is 12.2. The van der Waals surface area contributed by atoms with E-state index in [1.165, 1.54) is 14.2 Å². The summed E-state index contributed by atoms with van der Waals surface area (Å²) in [5, 5.41) is 5.35. The van der Waals surface area contributed by atoms with Gasteiger partial charge in [0.15, 0.2) is 0 Å². The number of alkyl carbamates (subject to hydrolysis) is 2. The minimum Gasteiger partial charge on any atom is -0.453 e. The van der Waals surface area contributed by atoms with Crippen LogP contribution in [0.4, 0.5) is 9.59 Å². The van der Waals surface area contributed by atoms with Gasteiger partial charge in [-0.15, -0.1) is 0 Å². The lowest BCUT2D eigenvalue weighted by atomic mass is 10.0. The number of carbonyl (C=O) groups is 4. The molecule has 0 unspecified atom stereocenters. The van der Waals surface area contributed by atoms with Crippen molar-refractivity contribution < 1.29 is 28.7 Å². The number of imidazole rings is 2. The smallest absolute Gasteiger partial charge is 0.407 e. The molecule has 0 bridgehead atoms. The Morgan fingerprint density at radius 1 is 0.764 bits per heavy atom. The first-order valence-electron chi connectivity index (χ1n) is 18.2. The summed E-state index contributed by atoms with van der Waals surface area (Å²) in [6, 6.07) is 14.7. The molecular formula is C41H44N8O6. The molecule has 55 heavy (non-hydrogen) atoms. The summed E-state index contributed by atoms with van der Waals surface area (Å²) in [5.41, 5.74) is 3.74. The van der Waals surface area contributed by atoms with Gasteiger partial charge in [-0.25, -0.2) is 19.6 Å². The first-order valence-corrected chi connectivity index (χ1v) is 18.2. The maximum atomic E-state index is 13.8. The highest BCUT2D eigenvalue weighted by atomic mass is 16.5. The van der Waals surface area contributed by atoms with Gasteiger partial charge in [-0.05, 0) is 72.6 Å². The van der Waals surface area contributed by atoms with E-state index in [1.54, 1.807) is 34.3 Å². The second-order valence-corrected chi connectivity index (χ2v) is 13.7. The molecule has 2 aliphatic heterocycles. The molecule has 0 saturated carbocycles. The topological polar surface area (TPSA) is 175 Å². The van der Waals surface area contributed by atoms with Gasteiger partial charge < -0.3 is 39.9 Å². The predicted octanol–water partition coefficient (Wildman–Crippen LogP) is 5.01. The van der Waals surface area contributed by atoms with Crippen molar-refractivity contribution in [1.82, 2.24) is 40.4 Å². The maximum Gasteiger partial charge on any atom is 0.407 e.